The Morgan fingerprint density at radius 1 is 0.265 bits per heavy atom. The first kappa shape index (κ1) is 85.3. The summed E-state index contributed by atoms with van der Waals surface area (Å²) < 4.78 is 0. The van der Waals surface area contributed by atoms with E-state index in [-0.39, 0.29) is 60.1 Å². The number of imide groups is 4. The van der Waals surface area contributed by atoms with Crippen molar-refractivity contribution in [2.24, 2.45) is 59.2 Å². The van der Waals surface area contributed by atoms with Crippen molar-refractivity contribution < 1.29 is 38.4 Å². The lowest BCUT2D eigenvalue weighted by atomic mass is 9.61. The maximum atomic E-state index is 14.0. The largest absolute Gasteiger partial charge is 0.283 e. The van der Waals surface area contributed by atoms with Gasteiger partial charge in [-0.2, -0.15) is 0 Å². The summed E-state index contributed by atoms with van der Waals surface area (Å²) in [6, 6.07) is 0. The summed E-state index contributed by atoms with van der Waals surface area (Å²) in [7, 11) is 0. The van der Waals surface area contributed by atoms with Crippen molar-refractivity contribution >= 4 is 47.3 Å². The van der Waals surface area contributed by atoms with E-state index in [1.807, 2.05) is 0 Å². The molecule has 10 unspecified atom stereocenters. The first-order chi connectivity index (χ1) is 49.9. The van der Waals surface area contributed by atoms with E-state index in [1.54, 1.807) is 0 Å². The fraction of sp³-hybridized carbons (Fsp3) is 0.867. The highest BCUT2D eigenvalue weighted by molar-refractivity contribution is 6.21. The third kappa shape index (κ3) is 28.0. The maximum Gasteiger partial charge on any atom is 0.257 e. The number of fused-ring (bicyclic) bond motifs is 1. The zero-order chi connectivity index (χ0) is 72.5. The second-order valence-electron chi connectivity index (χ2n) is 34.1. The van der Waals surface area contributed by atoms with E-state index in [9.17, 15) is 38.4 Å². The first-order valence-electron chi connectivity index (χ1n) is 44.7. The van der Waals surface area contributed by atoms with Gasteiger partial charge in [0.2, 0.25) is 23.6 Å². The Kier molecular flexibility index (Phi) is 41.7. The molecule has 7 aliphatic rings. The zero-order valence-electron chi connectivity index (χ0n) is 66.2. The van der Waals surface area contributed by atoms with Gasteiger partial charge in [0.05, 0.1) is 11.8 Å². The fourth-order valence-corrected chi connectivity index (χ4v) is 20.6. The number of nitrogens with zero attached hydrogens (tertiary/aromatic N) is 4. The number of hydrogen-bond donors (Lipinski definition) is 0. The smallest absolute Gasteiger partial charge is 0.257 e. The quantitative estimate of drug-likeness (QED) is 0.0431. The predicted octanol–water partition coefficient (Wildman–Crippen LogP) is 23.0. The van der Waals surface area contributed by atoms with Gasteiger partial charge in [0.25, 0.3) is 23.6 Å². The minimum Gasteiger partial charge on any atom is -0.283 e. The van der Waals surface area contributed by atoms with Gasteiger partial charge >= 0.3 is 0 Å². The monoisotopic (exact) mass is 1420 g/mol. The molecule has 10 atom stereocenters. The van der Waals surface area contributed by atoms with E-state index in [2.05, 4.69) is 27.7 Å². The van der Waals surface area contributed by atoms with Crippen LogP contribution in [0, 0.1) is 59.2 Å². The van der Waals surface area contributed by atoms with Crippen molar-refractivity contribution in [3.8, 4) is 0 Å². The molecule has 8 amide bonds. The lowest BCUT2D eigenvalue weighted by molar-refractivity contribution is -0.141. The van der Waals surface area contributed by atoms with E-state index in [4.69, 9.17) is 0 Å². The number of hydrogen-bond acceptors (Lipinski definition) is 8. The van der Waals surface area contributed by atoms with Crippen molar-refractivity contribution in [1.82, 2.24) is 19.6 Å². The van der Waals surface area contributed by atoms with E-state index < -0.39 is 11.8 Å². The van der Waals surface area contributed by atoms with Crippen molar-refractivity contribution in [3.63, 3.8) is 0 Å². The molecule has 0 N–H and O–H groups in total. The number of unbranched alkanes of at least 4 members (excludes halogenated alkanes) is 36. The van der Waals surface area contributed by atoms with Gasteiger partial charge in [-0.05, 0) is 137 Å². The molecule has 2 saturated heterocycles. The topological polar surface area (TPSA) is 150 Å². The molecule has 7 rings (SSSR count). The van der Waals surface area contributed by atoms with Crippen LogP contribution < -0.4 is 0 Å². The zero-order valence-corrected chi connectivity index (χ0v) is 66.2. The van der Waals surface area contributed by atoms with Crippen LogP contribution in [-0.4, -0.2) is 93.0 Å². The highest BCUT2D eigenvalue weighted by atomic mass is 16.2. The fourth-order valence-electron chi connectivity index (χ4n) is 20.6. The average molecular weight is 1420 g/mol. The van der Waals surface area contributed by atoms with E-state index in [1.165, 1.54) is 327 Å². The molecule has 4 aliphatic heterocycles. The predicted molar refractivity (Wildman–Crippen MR) is 418 cm³/mol. The number of rotatable bonds is 60. The van der Waals surface area contributed by atoms with Crippen LogP contribution in [0.3, 0.4) is 0 Å². The second-order valence-corrected chi connectivity index (χ2v) is 34.1. The lowest BCUT2D eigenvalue weighted by Gasteiger charge is -2.44. The van der Waals surface area contributed by atoms with E-state index in [0.717, 1.165) is 112 Å². The molecule has 0 aromatic rings. The molecule has 0 bridgehead atoms. The molecule has 12 nitrogen and oxygen atoms in total. The molecule has 2 saturated carbocycles. The Labute approximate surface area is 623 Å². The molecule has 580 valence electrons. The van der Waals surface area contributed by atoms with E-state index in [0.29, 0.717) is 50.2 Å². The van der Waals surface area contributed by atoms with Crippen LogP contribution in [0.2, 0.25) is 0 Å². The first-order valence-corrected chi connectivity index (χ1v) is 44.7. The molecule has 12 heteroatoms. The average Bonchev–Trinajstić information content (AvgIpc) is 1.59. The van der Waals surface area contributed by atoms with Crippen molar-refractivity contribution in [2.45, 2.75) is 413 Å². The molecule has 0 aromatic heterocycles. The standard InChI is InChI=1S/C90H152N4O8/c1-5-9-13-17-29-41-53-75-71(49-37-15-11-7-3)58-60-74(77(75)55-43-31-21-25-34-46-66-92-85(97)63-64-86(92)98)52-40-28-20-24-35-47-67-93-87(99)79-69-81-82(70-80(79)88(93)100)90(102)94(89(81)101)68-48-36-26-22-32-44-56-78-73(51-39-27-19-23-33-45-65-91-83(95)61-62-84(91)96)59-57-72(50-38-16-12-8-4)76(78)54-42-30-18-14-10-6-2/h61-62,71-78,81-82H,5-60,63-70H2,1-4H3. The van der Waals surface area contributed by atoms with Crippen LogP contribution in [-0.2, 0) is 38.4 Å². The summed E-state index contributed by atoms with van der Waals surface area (Å²) in [6.07, 6.45) is 75.1. The molecular formula is C90H152N4O8. The maximum absolute atomic E-state index is 14.0. The van der Waals surface area contributed by atoms with Crippen LogP contribution in [0.4, 0.5) is 0 Å². The van der Waals surface area contributed by atoms with Crippen LogP contribution >= 0.6 is 0 Å². The lowest BCUT2D eigenvalue weighted by Crippen LogP contribution is -2.35. The molecule has 4 fully saturated rings. The van der Waals surface area contributed by atoms with Crippen molar-refractivity contribution in [1.29, 1.82) is 0 Å². The molecular weight excluding hydrogens is 1270 g/mol. The number of amides is 8. The third-order valence-corrected chi connectivity index (χ3v) is 26.7. The summed E-state index contributed by atoms with van der Waals surface area (Å²) in [5.74, 6) is 4.70. The Morgan fingerprint density at radius 3 is 0.804 bits per heavy atom. The van der Waals surface area contributed by atoms with E-state index >= 15 is 0 Å². The van der Waals surface area contributed by atoms with Gasteiger partial charge in [-0.25, -0.2) is 0 Å². The van der Waals surface area contributed by atoms with Gasteiger partial charge in [0, 0.05) is 62.3 Å². The highest BCUT2D eigenvalue weighted by Crippen LogP contribution is 2.50. The van der Waals surface area contributed by atoms with Crippen LogP contribution in [0.15, 0.2) is 23.3 Å². The molecule has 0 spiro atoms. The SMILES string of the molecule is CCCCCCCCC1C(CCCCCC)CCC(CCCCCCCCN2C(=O)C3=C(CC4C(=O)N(CCCCCCCCC5C(CCCCCCCCN6C(=O)C=CC6=O)CCC(CCCCCC)C5CCCCCCCC)C(=O)C4C3)C2=O)C1CCCCCCCCN1C(=O)CCC1=O. The molecule has 102 heavy (non-hydrogen) atoms. The van der Waals surface area contributed by atoms with Gasteiger partial charge in [0.1, 0.15) is 0 Å². The van der Waals surface area contributed by atoms with Crippen molar-refractivity contribution in [2.75, 3.05) is 26.2 Å². The summed E-state index contributed by atoms with van der Waals surface area (Å²) in [5, 5.41) is 0. The van der Waals surface area contributed by atoms with Gasteiger partial charge < -0.3 is 0 Å². The Hall–Kier alpha value is -3.96. The molecule has 4 heterocycles. The van der Waals surface area contributed by atoms with Crippen LogP contribution in [0.1, 0.15) is 413 Å². The Balaban J connectivity index is 0.794. The van der Waals surface area contributed by atoms with Gasteiger partial charge in [-0.15, -0.1) is 0 Å². The van der Waals surface area contributed by atoms with Crippen LogP contribution in [0.5, 0.6) is 0 Å². The van der Waals surface area contributed by atoms with Crippen LogP contribution in [0.25, 0.3) is 0 Å². The normalized spacial score (nSPS) is 24.6. The molecule has 3 aliphatic carbocycles. The summed E-state index contributed by atoms with van der Waals surface area (Å²) in [5.41, 5.74) is 0.991. The number of carbonyl (C=O) groups excluding carboxylic acids is 8. The second kappa shape index (κ2) is 49.8. The number of likely N-dealkylation sites (tertiary alicyclic amines) is 2. The number of carbonyl (C=O) groups is 8. The van der Waals surface area contributed by atoms with Gasteiger partial charge in [0.15, 0.2) is 0 Å². The van der Waals surface area contributed by atoms with Gasteiger partial charge in [-0.1, -0.05) is 310 Å². The minimum atomic E-state index is -0.532. The van der Waals surface area contributed by atoms with Gasteiger partial charge in [-0.3, -0.25) is 58.0 Å². The minimum absolute atomic E-state index is 0.0143. The van der Waals surface area contributed by atoms with Crippen molar-refractivity contribution in [3.05, 3.63) is 23.3 Å². The molecule has 0 radical (unpaired) electrons. The Bertz CT molecular complexity index is 2460. The summed E-state index contributed by atoms with van der Waals surface area (Å²) >= 11 is 0. The summed E-state index contributed by atoms with van der Waals surface area (Å²) in [4.78, 5) is 110. The highest BCUT2D eigenvalue weighted by Gasteiger charge is 2.54. The Morgan fingerprint density at radius 2 is 0.500 bits per heavy atom. The summed E-state index contributed by atoms with van der Waals surface area (Å²) in [6.45, 7) is 11.3. The molecule has 0 aromatic carbocycles. The third-order valence-electron chi connectivity index (χ3n) is 26.7.